The van der Waals surface area contributed by atoms with Gasteiger partial charge < -0.3 is 10.4 Å². The molecule has 0 radical (unpaired) electrons. The highest BCUT2D eigenvalue weighted by Crippen LogP contribution is 2.24. The molecule has 0 bridgehead atoms. The number of halogens is 2. The summed E-state index contributed by atoms with van der Waals surface area (Å²) in [7, 11) is 0. The largest absolute Gasteiger partial charge is 0.384 e. The molecule has 1 aromatic carbocycles. The topological polar surface area (TPSA) is 32.3 Å². The van der Waals surface area contributed by atoms with E-state index in [2.05, 4.69) is 5.32 Å². The number of rotatable bonds is 4. The molecular weight excluding hydrogens is 212 g/mol. The van der Waals surface area contributed by atoms with E-state index in [9.17, 15) is 13.9 Å². The number of hydrogen-bond donors (Lipinski definition) is 2. The van der Waals surface area contributed by atoms with E-state index >= 15 is 0 Å². The Morgan fingerprint density at radius 2 is 2.00 bits per heavy atom. The van der Waals surface area contributed by atoms with Crippen molar-refractivity contribution in [2.24, 2.45) is 0 Å². The Bertz CT molecular complexity index is 364. The van der Waals surface area contributed by atoms with Crippen molar-refractivity contribution in [2.75, 3.05) is 6.54 Å². The number of hydrogen-bond acceptors (Lipinski definition) is 2. The summed E-state index contributed by atoms with van der Waals surface area (Å²) in [5.74, 6) is -1.93. The molecule has 0 saturated carbocycles. The summed E-state index contributed by atoms with van der Waals surface area (Å²) >= 11 is 0. The molecule has 0 amide bonds. The lowest BCUT2D eigenvalue weighted by Gasteiger charge is -2.26. The maximum absolute atomic E-state index is 13.5. The van der Waals surface area contributed by atoms with Crippen LogP contribution in [0.25, 0.3) is 0 Å². The highest BCUT2D eigenvalue weighted by Gasteiger charge is 2.27. The molecule has 2 nitrogen and oxygen atoms in total. The van der Waals surface area contributed by atoms with Gasteiger partial charge >= 0.3 is 0 Å². The van der Waals surface area contributed by atoms with Crippen LogP contribution < -0.4 is 5.32 Å². The molecule has 4 heteroatoms. The second-order valence-corrected chi connectivity index (χ2v) is 4.41. The molecule has 0 fully saturated rings. The van der Waals surface area contributed by atoms with Gasteiger partial charge in [-0.25, -0.2) is 8.78 Å². The van der Waals surface area contributed by atoms with Gasteiger partial charge in [0.1, 0.15) is 5.60 Å². The Balaban J connectivity index is 2.93. The molecule has 90 valence electrons. The molecule has 2 N–H and O–H groups in total. The molecule has 0 spiro atoms. The standard InChI is InChI=1S/C12H17F2NO/c1-8(2)15-7-12(3,16)9-5-4-6-10(13)11(9)14/h4-6,8,15-16H,7H2,1-3H3. The molecule has 1 unspecified atom stereocenters. The van der Waals surface area contributed by atoms with Crippen LogP contribution in [0.3, 0.4) is 0 Å². The lowest BCUT2D eigenvalue weighted by Crippen LogP contribution is -2.39. The van der Waals surface area contributed by atoms with Crippen LogP contribution in [0.5, 0.6) is 0 Å². The predicted molar refractivity (Wildman–Crippen MR) is 59.1 cm³/mol. The van der Waals surface area contributed by atoms with E-state index < -0.39 is 17.2 Å². The van der Waals surface area contributed by atoms with E-state index in [0.29, 0.717) is 0 Å². The fourth-order valence-electron chi connectivity index (χ4n) is 1.42. The monoisotopic (exact) mass is 229 g/mol. The van der Waals surface area contributed by atoms with Crippen LogP contribution in [0.1, 0.15) is 26.3 Å². The zero-order valence-corrected chi connectivity index (χ0v) is 9.72. The SMILES string of the molecule is CC(C)NCC(C)(O)c1cccc(F)c1F. The maximum Gasteiger partial charge on any atom is 0.164 e. The molecule has 16 heavy (non-hydrogen) atoms. The Morgan fingerprint density at radius 1 is 1.38 bits per heavy atom. The minimum atomic E-state index is -1.42. The van der Waals surface area contributed by atoms with Gasteiger partial charge in [-0.1, -0.05) is 26.0 Å². The summed E-state index contributed by atoms with van der Waals surface area (Å²) in [6.07, 6.45) is 0. The molecule has 1 aromatic rings. The summed E-state index contributed by atoms with van der Waals surface area (Å²) < 4.78 is 26.5. The average Bonchev–Trinajstić information content (AvgIpc) is 2.19. The Morgan fingerprint density at radius 3 is 2.56 bits per heavy atom. The van der Waals surface area contributed by atoms with Gasteiger partial charge in [-0.3, -0.25) is 0 Å². The third-order valence-corrected chi connectivity index (χ3v) is 2.39. The Hall–Kier alpha value is -1.00. The lowest BCUT2D eigenvalue weighted by atomic mass is 9.95. The molecule has 0 aliphatic heterocycles. The van der Waals surface area contributed by atoms with Crippen LogP contribution >= 0.6 is 0 Å². The van der Waals surface area contributed by atoms with Crippen molar-refractivity contribution in [1.29, 1.82) is 0 Å². The minimum absolute atomic E-state index is 0.0272. The van der Waals surface area contributed by atoms with Crippen LogP contribution in [-0.4, -0.2) is 17.7 Å². The third-order valence-electron chi connectivity index (χ3n) is 2.39. The van der Waals surface area contributed by atoms with Gasteiger partial charge in [-0.15, -0.1) is 0 Å². The van der Waals surface area contributed by atoms with Crippen molar-refractivity contribution >= 4 is 0 Å². The van der Waals surface area contributed by atoms with E-state index in [1.807, 2.05) is 13.8 Å². The summed E-state index contributed by atoms with van der Waals surface area (Å²) in [6, 6.07) is 3.98. The fraction of sp³-hybridized carbons (Fsp3) is 0.500. The van der Waals surface area contributed by atoms with Crippen molar-refractivity contribution in [3.63, 3.8) is 0 Å². The summed E-state index contributed by atoms with van der Waals surface area (Å²) in [6.45, 7) is 5.46. The molecule has 0 aliphatic rings. The zero-order valence-electron chi connectivity index (χ0n) is 9.72. The highest BCUT2D eigenvalue weighted by molar-refractivity contribution is 5.25. The summed E-state index contributed by atoms with van der Waals surface area (Å²) in [5, 5.41) is 13.1. The first-order valence-electron chi connectivity index (χ1n) is 5.25. The molecule has 0 saturated heterocycles. The average molecular weight is 229 g/mol. The normalized spacial score (nSPS) is 15.2. The Kier molecular flexibility index (Phi) is 3.99. The Labute approximate surface area is 94.3 Å². The minimum Gasteiger partial charge on any atom is -0.384 e. The van der Waals surface area contributed by atoms with Gasteiger partial charge in [0.15, 0.2) is 11.6 Å². The van der Waals surface area contributed by atoms with Crippen molar-refractivity contribution in [3.05, 3.63) is 35.4 Å². The molecular formula is C12H17F2NO. The smallest absolute Gasteiger partial charge is 0.164 e. The number of nitrogens with one attached hydrogen (secondary N) is 1. The predicted octanol–water partition coefficient (Wildman–Crippen LogP) is 2.17. The van der Waals surface area contributed by atoms with Gasteiger partial charge in [-0.05, 0) is 13.0 Å². The number of benzene rings is 1. The van der Waals surface area contributed by atoms with Crippen LogP contribution in [0.2, 0.25) is 0 Å². The van der Waals surface area contributed by atoms with Crippen LogP contribution in [0.15, 0.2) is 18.2 Å². The molecule has 0 heterocycles. The van der Waals surface area contributed by atoms with Crippen LogP contribution in [0, 0.1) is 11.6 Å². The number of aliphatic hydroxyl groups is 1. The fourth-order valence-corrected chi connectivity index (χ4v) is 1.42. The zero-order chi connectivity index (χ0) is 12.3. The summed E-state index contributed by atoms with van der Waals surface area (Å²) in [5.41, 5.74) is -1.45. The molecule has 1 rings (SSSR count). The first kappa shape index (κ1) is 13.1. The van der Waals surface area contributed by atoms with E-state index in [0.717, 1.165) is 6.07 Å². The van der Waals surface area contributed by atoms with Gasteiger partial charge in [0.25, 0.3) is 0 Å². The highest BCUT2D eigenvalue weighted by atomic mass is 19.2. The second kappa shape index (κ2) is 4.89. The summed E-state index contributed by atoms with van der Waals surface area (Å²) in [4.78, 5) is 0. The second-order valence-electron chi connectivity index (χ2n) is 4.41. The van der Waals surface area contributed by atoms with E-state index in [-0.39, 0.29) is 18.2 Å². The van der Waals surface area contributed by atoms with Crippen molar-refractivity contribution < 1.29 is 13.9 Å². The van der Waals surface area contributed by atoms with Gasteiger partial charge in [0.05, 0.1) is 0 Å². The van der Waals surface area contributed by atoms with E-state index in [1.165, 1.54) is 19.1 Å². The quantitative estimate of drug-likeness (QED) is 0.829. The van der Waals surface area contributed by atoms with Crippen molar-refractivity contribution in [3.8, 4) is 0 Å². The van der Waals surface area contributed by atoms with Crippen molar-refractivity contribution in [2.45, 2.75) is 32.4 Å². The third kappa shape index (κ3) is 3.00. The molecule has 0 aliphatic carbocycles. The maximum atomic E-state index is 13.5. The van der Waals surface area contributed by atoms with E-state index in [1.54, 1.807) is 0 Å². The van der Waals surface area contributed by atoms with Gasteiger partial charge in [-0.2, -0.15) is 0 Å². The lowest BCUT2D eigenvalue weighted by molar-refractivity contribution is 0.0505. The molecule has 0 aromatic heterocycles. The van der Waals surface area contributed by atoms with Crippen molar-refractivity contribution in [1.82, 2.24) is 5.32 Å². The first-order valence-corrected chi connectivity index (χ1v) is 5.25. The van der Waals surface area contributed by atoms with Crippen LogP contribution in [-0.2, 0) is 5.60 Å². The van der Waals surface area contributed by atoms with E-state index in [4.69, 9.17) is 0 Å². The first-order chi connectivity index (χ1) is 7.34. The van der Waals surface area contributed by atoms with Gasteiger partial charge in [0, 0.05) is 18.2 Å². The van der Waals surface area contributed by atoms with Crippen LogP contribution in [0.4, 0.5) is 8.78 Å². The van der Waals surface area contributed by atoms with Gasteiger partial charge in [0.2, 0.25) is 0 Å². The molecule has 1 atom stereocenters.